The Morgan fingerprint density at radius 3 is 2.70 bits per heavy atom. The van der Waals surface area contributed by atoms with Gasteiger partial charge in [-0.2, -0.15) is 5.26 Å². The van der Waals surface area contributed by atoms with Crippen LogP contribution < -0.4 is 4.74 Å². The molecule has 0 amide bonds. The molecule has 1 aromatic carbocycles. The van der Waals surface area contributed by atoms with E-state index in [1.165, 1.54) is 19.2 Å². The molecule has 3 unspecified atom stereocenters. The van der Waals surface area contributed by atoms with Gasteiger partial charge in [-0.15, -0.1) is 0 Å². The molecule has 0 spiro atoms. The van der Waals surface area contributed by atoms with Gasteiger partial charge in [-0.1, -0.05) is 0 Å². The summed E-state index contributed by atoms with van der Waals surface area (Å²) in [5.41, 5.74) is 0.219. The van der Waals surface area contributed by atoms with Crippen molar-refractivity contribution in [1.29, 1.82) is 5.26 Å². The van der Waals surface area contributed by atoms with Gasteiger partial charge in [-0.25, -0.2) is 13.2 Å². The van der Waals surface area contributed by atoms with Gasteiger partial charge in [-0.05, 0) is 19.1 Å². The van der Waals surface area contributed by atoms with Crippen molar-refractivity contribution in [3.63, 3.8) is 0 Å². The first kappa shape index (κ1) is 15.3. The van der Waals surface area contributed by atoms with Gasteiger partial charge in [0.05, 0.1) is 17.8 Å². The van der Waals surface area contributed by atoms with E-state index in [1.807, 2.05) is 0 Å². The lowest BCUT2D eigenvalue weighted by Crippen LogP contribution is -2.09. The number of halogens is 3. The maximum absolute atomic E-state index is 14.2. The van der Waals surface area contributed by atoms with Gasteiger partial charge in [0.15, 0.2) is 18.1 Å². The van der Waals surface area contributed by atoms with E-state index < -0.39 is 24.3 Å². The minimum absolute atomic E-state index is 0.0249. The first-order chi connectivity index (χ1) is 10.9. The Balaban J connectivity index is 2.07. The highest BCUT2D eigenvalue weighted by molar-refractivity contribution is 5.50. The predicted molar refractivity (Wildman–Crippen MR) is 73.9 cm³/mol. The lowest BCUT2D eigenvalue weighted by Gasteiger charge is -2.13. The number of aromatic nitrogens is 1. The number of aliphatic hydroxyl groups excluding tert-OH is 1. The predicted octanol–water partition coefficient (Wildman–Crippen LogP) is 3.59. The Morgan fingerprint density at radius 2 is 2.00 bits per heavy atom. The number of hydrogen-bond donors (Lipinski definition) is 1. The molecule has 0 radical (unpaired) electrons. The van der Waals surface area contributed by atoms with Crippen LogP contribution in [0.15, 0.2) is 24.4 Å². The summed E-state index contributed by atoms with van der Waals surface area (Å²) in [5.74, 6) is -0.860. The van der Waals surface area contributed by atoms with Crippen LogP contribution in [0.1, 0.15) is 34.7 Å². The normalized spacial score (nSPS) is 22.5. The molecule has 1 aliphatic carbocycles. The number of fused-ring (bicyclic) bond motifs is 1. The van der Waals surface area contributed by atoms with Crippen molar-refractivity contribution in [2.45, 2.75) is 25.4 Å². The van der Waals surface area contributed by atoms with Gasteiger partial charge >= 0.3 is 0 Å². The first-order valence-electron chi connectivity index (χ1n) is 6.76. The van der Waals surface area contributed by atoms with Crippen molar-refractivity contribution in [2.75, 3.05) is 0 Å². The summed E-state index contributed by atoms with van der Waals surface area (Å²) >= 11 is 0. The standard InChI is InChI=1S/C16H11F3N2O2/c1-7-12-13(14(18)15(19)16(12)22)11(6-21-7)23-10-3-8(5-20)2-9(17)4-10/h2-4,6,14-16,22H,1H3. The molecule has 3 rings (SSSR count). The van der Waals surface area contributed by atoms with Crippen LogP contribution >= 0.6 is 0 Å². The fourth-order valence-electron chi connectivity index (χ4n) is 2.65. The summed E-state index contributed by atoms with van der Waals surface area (Å²) in [5, 5.41) is 18.6. The third-order valence-corrected chi connectivity index (χ3v) is 3.70. The molecule has 7 heteroatoms. The van der Waals surface area contributed by atoms with E-state index in [0.29, 0.717) is 5.69 Å². The average molecular weight is 320 g/mol. The number of nitrogens with zero attached hydrogens (tertiary/aromatic N) is 2. The highest BCUT2D eigenvalue weighted by Crippen LogP contribution is 2.49. The average Bonchev–Trinajstić information content (AvgIpc) is 2.75. The van der Waals surface area contributed by atoms with Gasteiger partial charge in [-0.3, -0.25) is 4.98 Å². The summed E-state index contributed by atoms with van der Waals surface area (Å²) in [4.78, 5) is 3.95. The maximum atomic E-state index is 14.2. The topological polar surface area (TPSA) is 66.1 Å². The number of aryl methyl sites for hydroxylation is 1. The Kier molecular flexibility index (Phi) is 3.70. The van der Waals surface area contributed by atoms with Crippen LogP contribution in [-0.2, 0) is 0 Å². The third kappa shape index (κ3) is 2.51. The lowest BCUT2D eigenvalue weighted by atomic mass is 10.1. The molecular formula is C16H11F3N2O2. The van der Waals surface area contributed by atoms with Crippen molar-refractivity contribution >= 4 is 0 Å². The van der Waals surface area contributed by atoms with Crippen LogP contribution in [0, 0.1) is 24.1 Å². The molecule has 2 aromatic rings. The molecular weight excluding hydrogens is 309 g/mol. The van der Waals surface area contributed by atoms with Gasteiger partial charge in [0.25, 0.3) is 0 Å². The molecule has 0 aliphatic heterocycles. The third-order valence-electron chi connectivity index (χ3n) is 3.70. The number of aliphatic hydroxyl groups is 1. The number of pyridine rings is 1. The van der Waals surface area contributed by atoms with Crippen LogP contribution in [0.5, 0.6) is 11.5 Å². The van der Waals surface area contributed by atoms with E-state index >= 15 is 0 Å². The van der Waals surface area contributed by atoms with Crippen LogP contribution in [0.2, 0.25) is 0 Å². The molecule has 118 valence electrons. The monoisotopic (exact) mass is 320 g/mol. The summed E-state index contributed by atoms with van der Waals surface area (Å²) in [6, 6.07) is 5.06. The van der Waals surface area contributed by atoms with Gasteiger partial charge in [0, 0.05) is 22.9 Å². The highest BCUT2D eigenvalue weighted by Gasteiger charge is 2.44. The minimum atomic E-state index is -2.11. The highest BCUT2D eigenvalue weighted by atomic mass is 19.2. The molecule has 0 saturated carbocycles. The fraction of sp³-hybridized carbons (Fsp3) is 0.250. The van der Waals surface area contributed by atoms with E-state index in [-0.39, 0.29) is 28.2 Å². The van der Waals surface area contributed by atoms with E-state index in [4.69, 9.17) is 10.00 Å². The Bertz CT molecular complexity index is 820. The maximum Gasteiger partial charge on any atom is 0.165 e. The van der Waals surface area contributed by atoms with Crippen molar-refractivity contribution < 1.29 is 23.0 Å². The summed E-state index contributed by atoms with van der Waals surface area (Å²) < 4.78 is 46.8. The number of rotatable bonds is 2. The van der Waals surface area contributed by atoms with E-state index in [1.54, 1.807) is 6.07 Å². The van der Waals surface area contributed by atoms with Crippen molar-refractivity contribution in [2.24, 2.45) is 0 Å². The second-order valence-electron chi connectivity index (χ2n) is 5.22. The van der Waals surface area contributed by atoms with E-state index in [2.05, 4.69) is 4.98 Å². The van der Waals surface area contributed by atoms with Gasteiger partial charge in [0.2, 0.25) is 0 Å². The van der Waals surface area contributed by atoms with Crippen molar-refractivity contribution in [1.82, 2.24) is 4.98 Å². The quantitative estimate of drug-likeness (QED) is 0.918. The van der Waals surface area contributed by atoms with Crippen molar-refractivity contribution in [3.8, 4) is 17.6 Å². The van der Waals surface area contributed by atoms with E-state index in [0.717, 1.165) is 12.1 Å². The second-order valence-corrected chi connectivity index (χ2v) is 5.22. The van der Waals surface area contributed by atoms with Crippen molar-refractivity contribution in [3.05, 3.63) is 52.6 Å². The molecule has 0 fully saturated rings. The molecule has 0 bridgehead atoms. The first-order valence-corrected chi connectivity index (χ1v) is 6.76. The van der Waals surface area contributed by atoms with Crippen LogP contribution in [-0.4, -0.2) is 16.3 Å². The fourth-order valence-corrected chi connectivity index (χ4v) is 2.65. The summed E-state index contributed by atoms with van der Waals surface area (Å²) in [6.07, 6.45) is -4.63. The molecule has 1 aliphatic rings. The number of alkyl halides is 2. The zero-order valence-electron chi connectivity index (χ0n) is 11.9. The minimum Gasteiger partial charge on any atom is -0.455 e. The Labute approximate surface area is 129 Å². The Hall–Kier alpha value is -2.59. The van der Waals surface area contributed by atoms with Crippen LogP contribution in [0.3, 0.4) is 0 Å². The molecule has 23 heavy (non-hydrogen) atoms. The second kappa shape index (κ2) is 5.56. The lowest BCUT2D eigenvalue weighted by molar-refractivity contribution is 0.0462. The SMILES string of the molecule is Cc1ncc(Oc2cc(F)cc(C#N)c2)c2c1C(O)C(F)C2F. The molecule has 0 saturated heterocycles. The van der Waals surface area contributed by atoms with E-state index in [9.17, 15) is 18.3 Å². The summed E-state index contributed by atoms with van der Waals surface area (Å²) in [6.45, 7) is 1.52. The molecule has 1 aromatic heterocycles. The van der Waals surface area contributed by atoms with Crippen LogP contribution in [0.25, 0.3) is 0 Å². The zero-order chi connectivity index (χ0) is 16.7. The van der Waals surface area contributed by atoms with Gasteiger partial charge < -0.3 is 9.84 Å². The molecule has 1 N–H and O–H groups in total. The smallest absolute Gasteiger partial charge is 0.165 e. The van der Waals surface area contributed by atoms with Gasteiger partial charge in [0.1, 0.15) is 17.7 Å². The number of hydrogen-bond acceptors (Lipinski definition) is 4. The molecule has 3 atom stereocenters. The number of ether oxygens (including phenoxy) is 1. The molecule has 1 heterocycles. The number of nitriles is 1. The van der Waals surface area contributed by atoms with Crippen LogP contribution in [0.4, 0.5) is 13.2 Å². The summed E-state index contributed by atoms with van der Waals surface area (Å²) in [7, 11) is 0. The molecule has 4 nitrogen and oxygen atoms in total. The Morgan fingerprint density at radius 1 is 1.26 bits per heavy atom. The zero-order valence-corrected chi connectivity index (χ0v) is 11.9. The number of benzene rings is 1. The largest absolute Gasteiger partial charge is 0.455 e.